The van der Waals surface area contributed by atoms with Crippen molar-refractivity contribution in [3.05, 3.63) is 53.6 Å². The van der Waals surface area contributed by atoms with Crippen LogP contribution in [0.4, 0.5) is 11.4 Å². The fourth-order valence-corrected chi connectivity index (χ4v) is 4.39. The molecular weight excluding hydrogens is 366 g/mol. The first-order chi connectivity index (χ1) is 13.6. The Hall–Kier alpha value is -1.98. The van der Waals surface area contributed by atoms with E-state index in [4.69, 9.17) is 0 Å². The van der Waals surface area contributed by atoms with Crippen molar-refractivity contribution in [3.63, 3.8) is 0 Å². The fourth-order valence-electron chi connectivity index (χ4n) is 3.44. The van der Waals surface area contributed by atoms with Crippen LogP contribution in [0.3, 0.4) is 0 Å². The van der Waals surface area contributed by atoms with Gasteiger partial charge in [0.15, 0.2) is 0 Å². The molecule has 5 heteroatoms. The Balaban J connectivity index is 1.53. The second-order valence-corrected chi connectivity index (χ2v) is 8.50. The SMILES string of the molecule is CCN1CCN(c2ccccc2NC(=O)CCSc2ccc(C)c(C)c2)CC1. The smallest absolute Gasteiger partial charge is 0.225 e. The van der Waals surface area contributed by atoms with Crippen molar-refractivity contribution in [1.29, 1.82) is 0 Å². The number of hydrogen-bond donors (Lipinski definition) is 1. The van der Waals surface area contributed by atoms with E-state index in [1.165, 1.54) is 16.0 Å². The molecule has 0 spiro atoms. The highest BCUT2D eigenvalue weighted by molar-refractivity contribution is 7.99. The molecule has 0 aliphatic carbocycles. The third-order valence-corrected chi connectivity index (χ3v) is 6.41. The molecule has 1 heterocycles. The van der Waals surface area contributed by atoms with E-state index < -0.39 is 0 Å². The number of amides is 1. The molecular formula is C23H31N3OS. The van der Waals surface area contributed by atoms with E-state index in [-0.39, 0.29) is 5.91 Å². The topological polar surface area (TPSA) is 35.6 Å². The molecule has 0 unspecified atom stereocenters. The Labute approximate surface area is 173 Å². The van der Waals surface area contributed by atoms with E-state index in [0.717, 1.165) is 49.9 Å². The fraction of sp³-hybridized carbons (Fsp3) is 0.435. The van der Waals surface area contributed by atoms with Crippen molar-refractivity contribution in [3.8, 4) is 0 Å². The normalized spacial score (nSPS) is 14.9. The molecule has 4 nitrogen and oxygen atoms in total. The van der Waals surface area contributed by atoms with Crippen LogP contribution < -0.4 is 10.2 Å². The van der Waals surface area contributed by atoms with Gasteiger partial charge in [-0.3, -0.25) is 4.79 Å². The van der Waals surface area contributed by atoms with Crippen LogP contribution in [-0.2, 0) is 4.79 Å². The number of aryl methyl sites for hydroxylation is 2. The number of nitrogens with zero attached hydrogens (tertiary/aromatic N) is 2. The monoisotopic (exact) mass is 397 g/mol. The Morgan fingerprint density at radius 3 is 2.50 bits per heavy atom. The van der Waals surface area contributed by atoms with Crippen LogP contribution in [0.25, 0.3) is 0 Å². The maximum Gasteiger partial charge on any atom is 0.225 e. The molecule has 0 bridgehead atoms. The van der Waals surface area contributed by atoms with Crippen LogP contribution in [0, 0.1) is 13.8 Å². The number of thioether (sulfide) groups is 1. The molecule has 150 valence electrons. The highest BCUT2D eigenvalue weighted by Crippen LogP contribution is 2.27. The lowest BCUT2D eigenvalue weighted by atomic mass is 10.1. The first-order valence-electron chi connectivity index (χ1n) is 10.1. The predicted octanol–water partition coefficient (Wildman–Crippen LogP) is 4.57. The maximum atomic E-state index is 12.5. The summed E-state index contributed by atoms with van der Waals surface area (Å²) >= 11 is 1.74. The minimum Gasteiger partial charge on any atom is -0.367 e. The van der Waals surface area contributed by atoms with Crippen LogP contribution >= 0.6 is 11.8 Å². The number of anilines is 2. The van der Waals surface area contributed by atoms with Crippen LogP contribution in [-0.4, -0.2) is 49.3 Å². The third kappa shape index (κ3) is 5.52. The summed E-state index contributed by atoms with van der Waals surface area (Å²) in [6.45, 7) is 11.7. The molecule has 2 aromatic carbocycles. The van der Waals surface area contributed by atoms with Gasteiger partial charge in [0.2, 0.25) is 5.91 Å². The average molecular weight is 398 g/mol. The summed E-state index contributed by atoms with van der Waals surface area (Å²) < 4.78 is 0. The minimum absolute atomic E-state index is 0.0796. The lowest BCUT2D eigenvalue weighted by Crippen LogP contribution is -2.46. The van der Waals surface area contributed by atoms with Gasteiger partial charge in [0, 0.05) is 43.2 Å². The van der Waals surface area contributed by atoms with Gasteiger partial charge >= 0.3 is 0 Å². The van der Waals surface area contributed by atoms with Crippen molar-refractivity contribution >= 4 is 29.0 Å². The Morgan fingerprint density at radius 2 is 1.79 bits per heavy atom. The van der Waals surface area contributed by atoms with Crippen molar-refractivity contribution in [2.24, 2.45) is 0 Å². The first kappa shape index (κ1) is 20.7. The standard InChI is InChI=1S/C23H31N3OS/c1-4-25-12-14-26(15-13-25)22-8-6-5-7-21(22)24-23(27)11-16-28-20-10-9-18(2)19(3)17-20/h5-10,17H,4,11-16H2,1-3H3,(H,24,27). The van der Waals surface area contributed by atoms with Gasteiger partial charge in [-0.2, -0.15) is 0 Å². The molecule has 1 fully saturated rings. The minimum atomic E-state index is 0.0796. The molecule has 3 rings (SSSR count). The van der Waals surface area contributed by atoms with Crippen molar-refractivity contribution in [1.82, 2.24) is 4.90 Å². The van der Waals surface area contributed by atoms with Gasteiger partial charge in [-0.25, -0.2) is 0 Å². The van der Waals surface area contributed by atoms with E-state index in [9.17, 15) is 4.79 Å². The Bertz CT molecular complexity index is 800. The lowest BCUT2D eigenvalue weighted by Gasteiger charge is -2.36. The van der Waals surface area contributed by atoms with Gasteiger partial charge in [-0.05, 0) is 55.8 Å². The van der Waals surface area contributed by atoms with Gasteiger partial charge in [0.1, 0.15) is 0 Å². The third-order valence-electron chi connectivity index (χ3n) is 5.41. The zero-order valence-electron chi connectivity index (χ0n) is 17.2. The highest BCUT2D eigenvalue weighted by Gasteiger charge is 2.18. The van der Waals surface area contributed by atoms with Crippen molar-refractivity contribution in [2.75, 3.05) is 48.7 Å². The van der Waals surface area contributed by atoms with E-state index in [2.05, 4.69) is 60.2 Å². The Morgan fingerprint density at radius 1 is 1.04 bits per heavy atom. The first-order valence-corrected chi connectivity index (χ1v) is 11.1. The molecule has 1 amide bonds. The number of carbonyl (C=O) groups excluding carboxylic acids is 1. The number of nitrogens with one attached hydrogen (secondary N) is 1. The van der Waals surface area contributed by atoms with Gasteiger partial charge < -0.3 is 15.1 Å². The Kier molecular flexibility index (Phi) is 7.40. The molecule has 2 aromatic rings. The zero-order valence-corrected chi connectivity index (χ0v) is 18.0. The van der Waals surface area contributed by atoms with Crippen LogP contribution in [0.1, 0.15) is 24.5 Å². The molecule has 0 radical (unpaired) electrons. The lowest BCUT2D eigenvalue weighted by molar-refractivity contribution is -0.115. The molecule has 0 saturated carbocycles. The van der Waals surface area contributed by atoms with E-state index in [0.29, 0.717) is 6.42 Å². The predicted molar refractivity (Wildman–Crippen MR) is 121 cm³/mol. The molecule has 28 heavy (non-hydrogen) atoms. The molecule has 1 saturated heterocycles. The van der Waals surface area contributed by atoms with E-state index >= 15 is 0 Å². The molecule has 0 aromatic heterocycles. The number of piperazine rings is 1. The summed E-state index contributed by atoms with van der Waals surface area (Å²) in [5.74, 6) is 0.863. The summed E-state index contributed by atoms with van der Waals surface area (Å²) in [5.41, 5.74) is 4.66. The van der Waals surface area contributed by atoms with Crippen molar-refractivity contribution in [2.45, 2.75) is 32.1 Å². The summed E-state index contributed by atoms with van der Waals surface area (Å²) in [5, 5.41) is 3.13. The van der Waals surface area contributed by atoms with Crippen LogP contribution in [0.15, 0.2) is 47.4 Å². The van der Waals surface area contributed by atoms with E-state index in [1.54, 1.807) is 11.8 Å². The number of carbonyl (C=O) groups is 1. The van der Waals surface area contributed by atoms with E-state index in [1.807, 2.05) is 18.2 Å². The summed E-state index contributed by atoms with van der Waals surface area (Å²) in [6, 6.07) is 14.6. The number of rotatable bonds is 7. The van der Waals surface area contributed by atoms with Gasteiger partial charge in [-0.1, -0.05) is 25.1 Å². The number of para-hydroxylation sites is 2. The summed E-state index contributed by atoms with van der Waals surface area (Å²) in [7, 11) is 0. The maximum absolute atomic E-state index is 12.5. The molecule has 1 aliphatic rings. The molecule has 1 N–H and O–H groups in total. The van der Waals surface area contributed by atoms with Gasteiger partial charge in [0.25, 0.3) is 0 Å². The molecule has 1 aliphatic heterocycles. The van der Waals surface area contributed by atoms with Crippen LogP contribution in [0.2, 0.25) is 0 Å². The largest absolute Gasteiger partial charge is 0.367 e. The summed E-state index contributed by atoms with van der Waals surface area (Å²) in [4.78, 5) is 18.6. The van der Waals surface area contributed by atoms with Crippen LogP contribution in [0.5, 0.6) is 0 Å². The quantitative estimate of drug-likeness (QED) is 0.695. The second kappa shape index (κ2) is 9.99. The van der Waals surface area contributed by atoms with Gasteiger partial charge in [0.05, 0.1) is 11.4 Å². The average Bonchev–Trinajstić information content (AvgIpc) is 2.71. The number of benzene rings is 2. The van der Waals surface area contributed by atoms with Crippen molar-refractivity contribution < 1.29 is 4.79 Å². The number of likely N-dealkylation sites (N-methyl/N-ethyl adjacent to an activating group) is 1. The summed E-state index contributed by atoms with van der Waals surface area (Å²) in [6.07, 6.45) is 0.509. The zero-order chi connectivity index (χ0) is 19.9. The van der Waals surface area contributed by atoms with Gasteiger partial charge in [-0.15, -0.1) is 11.8 Å². The second-order valence-electron chi connectivity index (χ2n) is 7.33. The number of hydrogen-bond acceptors (Lipinski definition) is 4. The molecule has 0 atom stereocenters. The highest BCUT2D eigenvalue weighted by atomic mass is 32.2.